The molecule has 51 heavy (non-hydrogen) atoms. The van der Waals surface area contributed by atoms with E-state index >= 15 is 0 Å². The molecule has 0 spiro atoms. The Hall–Kier alpha value is -5.91. The molecule has 12 nitrogen and oxygen atoms in total. The fraction of sp³-hybridized carbons (Fsp3) is 0.308. The molecule has 3 aromatic rings. The van der Waals surface area contributed by atoms with E-state index in [0.29, 0.717) is 22.6 Å². The van der Waals surface area contributed by atoms with Crippen LogP contribution in [0.1, 0.15) is 84.1 Å². The number of hydrogen-bond donors (Lipinski definition) is 2. The predicted molar refractivity (Wildman–Crippen MR) is 192 cm³/mol. The van der Waals surface area contributed by atoms with Crippen LogP contribution in [0.5, 0.6) is 11.5 Å². The van der Waals surface area contributed by atoms with Gasteiger partial charge in [-0.05, 0) is 99.8 Å². The molecular weight excluding hydrogens is 656 g/mol. The van der Waals surface area contributed by atoms with Gasteiger partial charge in [0, 0.05) is 28.6 Å². The van der Waals surface area contributed by atoms with Crippen LogP contribution in [0.15, 0.2) is 85.0 Å². The van der Waals surface area contributed by atoms with Gasteiger partial charge in [0.15, 0.2) is 0 Å². The number of esters is 4. The maximum atomic E-state index is 13.6. The molecule has 2 N–H and O–H groups in total. The lowest BCUT2D eigenvalue weighted by molar-refractivity contribution is -0.140. The van der Waals surface area contributed by atoms with Crippen LogP contribution in [-0.4, -0.2) is 62.3 Å². The van der Waals surface area contributed by atoms with Crippen molar-refractivity contribution in [1.29, 1.82) is 0 Å². The number of rotatable bonds is 17. The first-order valence-corrected chi connectivity index (χ1v) is 16.3. The first kappa shape index (κ1) is 39.5. The van der Waals surface area contributed by atoms with Crippen LogP contribution in [0, 0.1) is 0 Å². The van der Waals surface area contributed by atoms with Gasteiger partial charge in [-0.1, -0.05) is 27.0 Å². The molecule has 1 amide bonds. The van der Waals surface area contributed by atoms with Gasteiger partial charge in [0.2, 0.25) is 0 Å². The molecular formula is C39H44N2O10. The highest BCUT2D eigenvalue weighted by molar-refractivity contribution is 6.11. The van der Waals surface area contributed by atoms with Crippen molar-refractivity contribution in [3.8, 4) is 11.5 Å². The summed E-state index contributed by atoms with van der Waals surface area (Å²) in [6, 6.07) is 16.4. The zero-order valence-electron chi connectivity index (χ0n) is 29.8. The van der Waals surface area contributed by atoms with Crippen LogP contribution in [0.4, 0.5) is 11.4 Å². The fourth-order valence-corrected chi connectivity index (χ4v) is 4.48. The number of ether oxygens (including phenoxy) is 5. The largest absolute Gasteiger partial charge is 0.459 e. The smallest absolute Gasteiger partial charge is 0.339 e. The van der Waals surface area contributed by atoms with E-state index in [2.05, 4.69) is 23.8 Å². The lowest BCUT2D eigenvalue weighted by Gasteiger charge is -2.16. The highest BCUT2D eigenvalue weighted by Crippen LogP contribution is 2.30. The number of amides is 1. The second-order valence-electron chi connectivity index (χ2n) is 12.1. The minimum atomic E-state index is -0.811. The first-order chi connectivity index (χ1) is 24.2. The van der Waals surface area contributed by atoms with Crippen molar-refractivity contribution < 1.29 is 47.7 Å². The highest BCUT2D eigenvalue weighted by Gasteiger charge is 2.22. The van der Waals surface area contributed by atoms with Gasteiger partial charge < -0.3 is 34.3 Å². The minimum Gasteiger partial charge on any atom is -0.459 e. The van der Waals surface area contributed by atoms with E-state index in [1.807, 2.05) is 39.8 Å². The van der Waals surface area contributed by atoms with Crippen molar-refractivity contribution in [2.75, 3.05) is 37.1 Å². The number of hydrogen-bond acceptors (Lipinski definition) is 11. The molecule has 0 heterocycles. The number of carbonyl (C=O) groups is 5. The van der Waals surface area contributed by atoms with Crippen LogP contribution in [0.25, 0.3) is 0 Å². The summed E-state index contributed by atoms with van der Waals surface area (Å²) in [4.78, 5) is 62.8. The fourth-order valence-electron chi connectivity index (χ4n) is 4.48. The molecule has 0 saturated carbocycles. The summed E-state index contributed by atoms with van der Waals surface area (Å²) in [6.07, 6.45) is 0. The Balaban J connectivity index is 1.83. The number of anilines is 2. The molecule has 0 aliphatic carbocycles. The molecule has 0 aromatic heterocycles. The maximum Gasteiger partial charge on any atom is 0.339 e. The van der Waals surface area contributed by atoms with E-state index in [1.54, 1.807) is 30.3 Å². The normalized spacial score (nSPS) is 10.6. The van der Waals surface area contributed by atoms with Crippen molar-refractivity contribution in [3.05, 3.63) is 107 Å². The van der Waals surface area contributed by atoms with Crippen LogP contribution in [-0.2, 0) is 28.5 Å². The summed E-state index contributed by atoms with van der Waals surface area (Å²) in [5.74, 6) is -2.71. The van der Waals surface area contributed by atoms with Gasteiger partial charge in [-0.25, -0.2) is 19.2 Å². The maximum absolute atomic E-state index is 13.6. The van der Waals surface area contributed by atoms with Crippen LogP contribution in [0.3, 0.4) is 0 Å². The van der Waals surface area contributed by atoms with Gasteiger partial charge in [-0.15, -0.1) is 0 Å². The molecule has 0 unspecified atom stereocenters. The van der Waals surface area contributed by atoms with Crippen molar-refractivity contribution in [1.82, 2.24) is 0 Å². The topological polar surface area (TPSA) is 156 Å². The monoisotopic (exact) mass is 700 g/mol. The van der Waals surface area contributed by atoms with E-state index in [9.17, 15) is 24.0 Å². The molecule has 0 aliphatic rings. The third-order valence-electron chi connectivity index (χ3n) is 6.95. The van der Waals surface area contributed by atoms with Crippen molar-refractivity contribution in [2.24, 2.45) is 0 Å². The molecule has 0 bridgehead atoms. The summed E-state index contributed by atoms with van der Waals surface area (Å²) in [7, 11) is 0. The van der Waals surface area contributed by atoms with Gasteiger partial charge in [0.1, 0.15) is 37.9 Å². The minimum absolute atomic E-state index is 0.0301. The Morgan fingerprint density at radius 2 is 1.08 bits per heavy atom. The van der Waals surface area contributed by atoms with Crippen molar-refractivity contribution in [3.63, 3.8) is 0 Å². The first-order valence-electron chi connectivity index (χ1n) is 16.3. The van der Waals surface area contributed by atoms with Crippen LogP contribution in [0.2, 0.25) is 0 Å². The van der Waals surface area contributed by atoms with E-state index in [1.165, 1.54) is 32.0 Å². The lowest BCUT2D eigenvalue weighted by atomic mass is 9.97. The average Bonchev–Trinajstić information content (AvgIpc) is 3.08. The summed E-state index contributed by atoms with van der Waals surface area (Å²) >= 11 is 0. The molecule has 270 valence electrons. The summed E-state index contributed by atoms with van der Waals surface area (Å²) in [5, 5.41) is 6.08. The molecule has 0 atom stereocenters. The van der Waals surface area contributed by atoms with Gasteiger partial charge >= 0.3 is 23.9 Å². The zero-order chi connectivity index (χ0) is 37.7. The average molecular weight is 701 g/mol. The zero-order valence-corrected chi connectivity index (χ0v) is 29.8. The molecule has 12 heteroatoms. The summed E-state index contributed by atoms with van der Waals surface area (Å²) < 4.78 is 26.7. The third-order valence-corrected chi connectivity index (χ3v) is 6.95. The second-order valence-corrected chi connectivity index (χ2v) is 12.1. The Morgan fingerprint density at radius 3 is 1.59 bits per heavy atom. The number of nitrogens with one attached hydrogen (secondary N) is 2. The van der Waals surface area contributed by atoms with Gasteiger partial charge in [0.05, 0.1) is 16.7 Å². The Kier molecular flexibility index (Phi) is 14.5. The molecule has 0 aliphatic heterocycles. The molecule has 0 saturated heterocycles. The van der Waals surface area contributed by atoms with Gasteiger partial charge in [-0.3, -0.25) is 4.79 Å². The van der Waals surface area contributed by atoms with Gasteiger partial charge in [-0.2, -0.15) is 0 Å². The van der Waals surface area contributed by atoms with Crippen molar-refractivity contribution in [2.45, 2.75) is 53.5 Å². The highest BCUT2D eigenvalue weighted by atomic mass is 16.6. The summed E-state index contributed by atoms with van der Waals surface area (Å²) in [5.41, 5.74) is 2.69. The predicted octanol–water partition coefficient (Wildman–Crippen LogP) is 7.23. The molecule has 0 fully saturated rings. The van der Waals surface area contributed by atoms with Crippen molar-refractivity contribution >= 4 is 41.2 Å². The van der Waals surface area contributed by atoms with E-state index in [-0.39, 0.29) is 66.4 Å². The van der Waals surface area contributed by atoms with E-state index < -0.39 is 29.8 Å². The quantitative estimate of drug-likeness (QED) is 0.0634. The molecule has 3 aromatic carbocycles. The molecule has 0 radical (unpaired) electrons. The Bertz CT molecular complexity index is 1780. The standard InChI is InChI=1S/C39H44N2O10/c1-23(2)33-21-29(13-15-31(33)38(45)49-19-17-47-36(43)24(3)4)51-30-14-16-32(39(46)50-20-18-48-37(44)25(5)6)34(22-30)35(42)41-28-11-9-27(10-12-28)40-26(7)8/h9-16,21-23,26,40H,3,5,17-20H2,1-2,4,6-8H3,(H,41,42). The third kappa shape index (κ3) is 12.2. The number of carbonyl (C=O) groups excluding carboxylic acids is 5. The Morgan fingerprint density at radius 1 is 0.608 bits per heavy atom. The number of benzene rings is 3. The van der Waals surface area contributed by atoms with Crippen LogP contribution < -0.4 is 15.4 Å². The van der Waals surface area contributed by atoms with E-state index in [4.69, 9.17) is 23.7 Å². The van der Waals surface area contributed by atoms with E-state index in [0.717, 1.165) is 5.69 Å². The SMILES string of the molecule is C=C(C)C(=O)OCCOC(=O)c1ccc(Oc2ccc(C(=O)OCCOC(=O)C(=C)C)c(C(C)C)c2)cc1C(=O)Nc1ccc(NC(C)C)cc1. The second kappa shape index (κ2) is 18.7. The lowest BCUT2D eigenvalue weighted by Crippen LogP contribution is -2.19. The van der Waals surface area contributed by atoms with Crippen LogP contribution >= 0.6 is 0 Å². The summed E-state index contributed by atoms with van der Waals surface area (Å²) in [6.45, 7) is 17.2. The van der Waals surface area contributed by atoms with Gasteiger partial charge in [0.25, 0.3) is 5.91 Å². The Labute approximate surface area is 297 Å². The molecule has 3 rings (SSSR count).